The number of hydrogen-bond acceptors (Lipinski definition) is 33. The molecule has 2 amide bonds. The van der Waals surface area contributed by atoms with Gasteiger partial charge in [-0.3, -0.25) is 9.59 Å². The highest BCUT2D eigenvalue weighted by atomic mass is 16.8. The molecule has 29 unspecified atom stereocenters. The van der Waals surface area contributed by atoms with Crippen LogP contribution in [0.4, 0.5) is 0 Å². The van der Waals surface area contributed by atoms with Crippen molar-refractivity contribution in [3.63, 3.8) is 0 Å². The Balaban J connectivity index is 1.35. The first kappa shape index (κ1) is 68.7. The van der Waals surface area contributed by atoms with Crippen molar-refractivity contribution >= 4 is 17.8 Å². The molecule has 83 heavy (non-hydrogen) atoms. The summed E-state index contributed by atoms with van der Waals surface area (Å²) in [5, 5.41) is 204. The summed E-state index contributed by atoms with van der Waals surface area (Å²) >= 11 is 0. The molecule has 0 aromatic heterocycles. The van der Waals surface area contributed by atoms with Gasteiger partial charge in [0.1, 0.15) is 134 Å². The van der Waals surface area contributed by atoms with E-state index in [0.29, 0.717) is 0 Å². The number of hydrogen-bond donors (Lipinski definition) is 20. The minimum absolute atomic E-state index is 0.224. The van der Waals surface area contributed by atoms with Crippen molar-refractivity contribution in [3.8, 4) is 0 Å². The number of carboxylic acid groups (broad SMARTS) is 1. The number of azide groups is 1. The second-order valence-corrected chi connectivity index (χ2v) is 20.4. The van der Waals surface area contributed by atoms with Crippen molar-refractivity contribution in [2.45, 2.75) is 217 Å². The van der Waals surface area contributed by atoms with Crippen molar-refractivity contribution < 1.29 is 163 Å². The molecule has 0 aromatic rings. The number of carbonyl (C=O) groups excluding carboxylic acids is 2. The number of amides is 2. The molecule has 478 valence electrons. The van der Waals surface area contributed by atoms with Crippen LogP contribution in [-0.2, 0) is 71.2 Å². The summed E-state index contributed by atoms with van der Waals surface area (Å²) in [5.41, 5.74) is 8.56. The molecule has 0 bridgehead atoms. The normalized spacial score (nSPS) is 45.8. The molecule has 6 heterocycles. The summed E-state index contributed by atoms with van der Waals surface area (Å²) in [7, 11) is 0. The largest absolute Gasteiger partial charge is 0.477 e. The molecule has 20 N–H and O–H groups in total. The number of aliphatic hydroxyl groups is 17. The number of aliphatic carboxylic acids is 1. The number of aliphatic hydroxyl groups excluding tert-OH is 17. The lowest BCUT2D eigenvalue weighted by Gasteiger charge is -2.52. The molecule has 6 aliphatic heterocycles. The Bertz CT molecular complexity index is 2140. The zero-order valence-corrected chi connectivity index (χ0v) is 44.5. The van der Waals surface area contributed by atoms with Gasteiger partial charge in [-0.25, -0.2) is 4.79 Å². The van der Waals surface area contributed by atoms with E-state index in [0.717, 1.165) is 13.8 Å². The van der Waals surface area contributed by atoms with Gasteiger partial charge in [-0.05, 0) is 12.5 Å². The fourth-order valence-electron chi connectivity index (χ4n) is 10.3. The molecular formula is C45H75N5O33. The van der Waals surface area contributed by atoms with E-state index in [1.807, 2.05) is 0 Å². The van der Waals surface area contributed by atoms with Gasteiger partial charge in [0.2, 0.25) is 11.8 Å². The van der Waals surface area contributed by atoms with Crippen molar-refractivity contribution in [1.29, 1.82) is 0 Å². The Morgan fingerprint density at radius 2 is 1.07 bits per heavy atom. The maximum atomic E-state index is 13.2. The van der Waals surface area contributed by atoms with Crippen LogP contribution in [-0.4, -0.2) is 346 Å². The summed E-state index contributed by atoms with van der Waals surface area (Å²) in [6, 6.07) is -3.66. The third kappa shape index (κ3) is 15.3. The molecule has 0 saturated carbocycles. The molecule has 6 saturated heterocycles. The lowest BCUT2D eigenvalue weighted by Crippen LogP contribution is -2.72. The lowest BCUT2D eigenvalue weighted by atomic mass is 9.88. The first-order valence-corrected chi connectivity index (χ1v) is 26.1. The van der Waals surface area contributed by atoms with E-state index in [1.165, 1.54) is 6.92 Å². The van der Waals surface area contributed by atoms with Gasteiger partial charge in [0, 0.05) is 31.7 Å². The van der Waals surface area contributed by atoms with Gasteiger partial charge in [0.05, 0.1) is 57.9 Å². The summed E-state index contributed by atoms with van der Waals surface area (Å²) in [4.78, 5) is 41.1. The Labute approximate surface area is 469 Å². The molecule has 0 radical (unpaired) electrons. The maximum absolute atomic E-state index is 13.2. The summed E-state index contributed by atoms with van der Waals surface area (Å²) in [6.45, 7) is -2.90. The third-order valence-electron chi connectivity index (χ3n) is 14.7. The Morgan fingerprint density at radius 1 is 0.590 bits per heavy atom. The number of carbonyl (C=O) groups is 3. The summed E-state index contributed by atoms with van der Waals surface area (Å²) in [6.07, 6.45) is -57.9. The average molecular weight is 1210 g/mol. The minimum atomic E-state index is -3.26. The molecule has 6 fully saturated rings. The fourth-order valence-corrected chi connectivity index (χ4v) is 10.3. The van der Waals surface area contributed by atoms with Crippen molar-refractivity contribution in [1.82, 2.24) is 10.6 Å². The quantitative estimate of drug-likeness (QED) is 0.0185. The molecule has 6 rings (SSSR count). The maximum Gasteiger partial charge on any atom is 0.364 e. The zero-order chi connectivity index (χ0) is 61.5. The molecule has 38 heteroatoms. The van der Waals surface area contributed by atoms with E-state index in [4.69, 9.17) is 62.4 Å². The minimum Gasteiger partial charge on any atom is -0.477 e. The van der Waals surface area contributed by atoms with Gasteiger partial charge in [0.15, 0.2) is 31.5 Å². The van der Waals surface area contributed by atoms with Crippen molar-refractivity contribution in [2.75, 3.05) is 46.2 Å². The van der Waals surface area contributed by atoms with Crippen LogP contribution in [0.3, 0.4) is 0 Å². The van der Waals surface area contributed by atoms with Crippen LogP contribution in [0.2, 0.25) is 0 Å². The number of rotatable bonds is 24. The van der Waals surface area contributed by atoms with Gasteiger partial charge in [0.25, 0.3) is 5.79 Å². The van der Waals surface area contributed by atoms with Crippen LogP contribution < -0.4 is 10.6 Å². The highest BCUT2D eigenvalue weighted by Gasteiger charge is 2.62. The lowest BCUT2D eigenvalue weighted by molar-refractivity contribution is -0.399. The monoisotopic (exact) mass is 1210 g/mol. The van der Waals surface area contributed by atoms with Gasteiger partial charge < -0.3 is 159 Å². The van der Waals surface area contributed by atoms with Crippen LogP contribution in [0.25, 0.3) is 10.4 Å². The Morgan fingerprint density at radius 3 is 1.63 bits per heavy atom. The van der Waals surface area contributed by atoms with E-state index in [-0.39, 0.29) is 13.2 Å². The highest BCUT2D eigenvalue weighted by Crippen LogP contribution is 2.40. The average Bonchev–Trinajstić information content (AvgIpc) is 3.49. The number of nitrogens with one attached hydrogen (secondary N) is 2. The van der Waals surface area contributed by atoms with Crippen LogP contribution in [0.1, 0.15) is 27.2 Å². The number of carboxylic acids is 1. The molecule has 0 spiro atoms. The van der Waals surface area contributed by atoms with Crippen LogP contribution in [0.15, 0.2) is 5.11 Å². The van der Waals surface area contributed by atoms with Gasteiger partial charge in [-0.2, -0.15) is 0 Å². The van der Waals surface area contributed by atoms with E-state index in [9.17, 15) is 106 Å². The van der Waals surface area contributed by atoms with Crippen LogP contribution >= 0.6 is 0 Å². The predicted molar refractivity (Wildman–Crippen MR) is 256 cm³/mol. The van der Waals surface area contributed by atoms with E-state index >= 15 is 0 Å². The molecule has 0 aromatic carbocycles. The van der Waals surface area contributed by atoms with Crippen molar-refractivity contribution in [3.05, 3.63) is 10.4 Å². The number of ether oxygens (including phenoxy) is 12. The standard InChI is InChI=1S/C45H75N5O33/c1-12-23(60)27(64)29(66)41(73-12)80-36-22(49-14(3)57)39(81-37-25(62)17(8-52)74-42(31(37)68)78-33-19(10-54)77-40(30(67)28(33)65)72-5-4-47-50-46)76-20(11-55)34(36)79-43-32(69)38(26(63)18(9-53)75-43)83-45(44(70)71)6-15(58)21(48-13(2)56)35(82-45)24(61)16(59)7-51/h12,15-43,51-55,58-69H,4-11H2,1-3H3,(H,48,56)(H,49,57)(H,70,71)/t12?,15?,16-,17?,18?,19?,20?,21?,22?,23?,24-,25?,26?,27?,28?,29?,30?,31?,32?,33?,34?,35?,36?,37?,38?,39?,40?,41?,42?,43?,45?/m1/s1. The first-order chi connectivity index (χ1) is 39.2. The summed E-state index contributed by atoms with van der Waals surface area (Å²) < 4.78 is 69.8. The van der Waals surface area contributed by atoms with Gasteiger partial charge in [-0.1, -0.05) is 5.11 Å². The highest BCUT2D eigenvalue weighted by molar-refractivity contribution is 5.76. The van der Waals surface area contributed by atoms with Crippen LogP contribution in [0, 0.1) is 0 Å². The van der Waals surface area contributed by atoms with Crippen molar-refractivity contribution in [2.24, 2.45) is 5.11 Å². The fraction of sp³-hybridized carbons (Fsp3) is 0.933. The molecule has 31 atom stereocenters. The smallest absolute Gasteiger partial charge is 0.364 e. The van der Waals surface area contributed by atoms with Crippen LogP contribution in [0.5, 0.6) is 0 Å². The molecule has 38 nitrogen and oxygen atoms in total. The Hall–Kier alpha value is -3.44. The van der Waals surface area contributed by atoms with E-state index in [2.05, 4.69) is 20.7 Å². The molecule has 0 aliphatic carbocycles. The third-order valence-corrected chi connectivity index (χ3v) is 14.7. The zero-order valence-electron chi connectivity index (χ0n) is 44.5. The second kappa shape index (κ2) is 30.0. The van der Waals surface area contributed by atoms with Gasteiger partial charge in [-0.15, -0.1) is 0 Å². The second-order valence-electron chi connectivity index (χ2n) is 20.4. The topological polar surface area (TPSA) is 599 Å². The van der Waals surface area contributed by atoms with E-state index < -0.39 is 247 Å². The summed E-state index contributed by atoms with van der Waals surface area (Å²) in [5.74, 6) is -7.18. The SMILES string of the molecule is CC(=O)NC1C(OC2C(O)C(CO)OC(OC3C(CO)OC(OCCN=[N+]=[N-])C(O)C3O)C2O)OC(CO)C(OC2OC(CO)C(O)C(OC3(C(=O)O)CC(O)C(NC(C)=O)C([C@H](O)[C@H](O)CO)O3)C2O)C1OC1OC(C)C(O)C(O)C1O. The van der Waals surface area contributed by atoms with Gasteiger partial charge >= 0.3 is 5.97 Å². The first-order valence-electron chi connectivity index (χ1n) is 26.1. The molecular weight excluding hydrogens is 1140 g/mol. The Kier molecular flexibility index (Phi) is 24.8. The molecule has 6 aliphatic rings. The predicted octanol–water partition coefficient (Wildman–Crippen LogP) is -12.2. The van der Waals surface area contributed by atoms with E-state index in [1.54, 1.807) is 0 Å². The number of nitrogens with zero attached hydrogens (tertiary/aromatic N) is 3.